The van der Waals surface area contributed by atoms with Crippen LogP contribution in [0.3, 0.4) is 0 Å². The molecule has 1 aliphatic heterocycles. The molecule has 4 atom stereocenters. The van der Waals surface area contributed by atoms with Gasteiger partial charge in [-0.1, -0.05) is 34.1 Å². The number of nitrogens with zero attached hydrogens (tertiary/aromatic N) is 1. The minimum absolute atomic E-state index is 0.0185. The maximum Gasteiger partial charge on any atom is 0.326 e. The van der Waals surface area contributed by atoms with E-state index in [1.807, 2.05) is 0 Å². The molecule has 6 heteroatoms. The summed E-state index contributed by atoms with van der Waals surface area (Å²) in [7, 11) is 0. The topological polar surface area (TPSA) is 75.7 Å². The van der Waals surface area contributed by atoms with Crippen LogP contribution in [0.15, 0.2) is 0 Å². The number of hydrogen-bond acceptors (Lipinski definition) is 4. The zero-order valence-electron chi connectivity index (χ0n) is 16.5. The van der Waals surface area contributed by atoms with Crippen molar-refractivity contribution in [2.45, 2.75) is 84.3 Å². The predicted octanol–water partition coefficient (Wildman–Crippen LogP) is 3.25. The van der Waals surface area contributed by atoms with E-state index in [-0.39, 0.29) is 24.0 Å². The van der Waals surface area contributed by atoms with Gasteiger partial charge in [-0.25, -0.2) is 4.79 Å². The van der Waals surface area contributed by atoms with Gasteiger partial charge in [0.15, 0.2) is 0 Å². The molecule has 146 valence electrons. The second-order valence-corrected chi connectivity index (χ2v) is 9.64. The van der Waals surface area contributed by atoms with E-state index in [0.29, 0.717) is 24.7 Å². The van der Waals surface area contributed by atoms with Gasteiger partial charge < -0.3 is 10.1 Å². The Morgan fingerprint density at radius 1 is 1.19 bits per heavy atom. The largest absolute Gasteiger partial charge is 0.461 e. The van der Waals surface area contributed by atoms with Gasteiger partial charge in [0.05, 0.1) is 0 Å². The molecule has 1 heterocycles. The van der Waals surface area contributed by atoms with Crippen LogP contribution >= 0.6 is 0 Å². The molecule has 3 fully saturated rings. The predicted molar refractivity (Wildman–Crippen MR) is 97.3 cm³/mol. The molecule has 2 aliphatic carbocycles. The summed E-state index contributed by atoms with van der Waals surface area (Å²) in [6.45, 7) is 8.25. The second kappa shape index (κ2) is 6.86. The van der Waals surface area contributed by atoms with Gasteiger partial charge in [0.1, 0.15) is 18.2 Å². The maximum atomic E-state index is 13.0. The van der Waals surface area contributed by atoms with E-state index >= 15 is 0 Å². The first kappa shape index (κ1) is 19.2. The molecule has 4 unspecified atom stereocenters. The lowest BCUT2D eigenvalue weighted by atomic mass is 9.64. The van der Waals surface area contributed by atoms with E-state index in [4.69, 9.17) is 4.74 Å². The van der Waals surface area contributed by atoms with Crippen molar-refractivity contribution < 1.29 is 19.1 Å². The Hall–Kier alpha value is -1.59. The molecule has 0 aromatic heterocycles. The molecule has 0 aromatic carbocycles. The fraction of sp³-hybridized carbons (Fsp3) is 0.850. The van der Waals surface area contributed by atoms with Crippen molar-refractivity contribution in [1.82, 2.24) is 10.2 Å². The Morgan fingerprint density at radius 2 is 1.92 bits per heavy atom. The lowest BCUT2D eigenvalue weighted by Crippen LogP contribution is -2.54. The Bertz CT molecular complexity index is 603. The van der Waals surface area contributed by atoms with Crippen molar-refractivity contribution in [3.8, 4) is 0 Å². The highest BCUT2D eigenvalue weighted by atomic mass is 16.5. The van der Waals surface area contributed by atoms with Crippen LogP contribution in [-0.2, 0) is 14.3 Å². The third kappa shape index (κ3) is 3.89. The van der Waals surface area contributed by atoms with Crippen molar-refractivity contribution in [1.29, 1.82) is 0 Å². The summed E-state index contributed by atoms with van der Waals surface area (Å²) in [4.78, 5) is 38.9. The van der Waals surface area contributed by atoms with Gasteiger partial charge in [0.2, 0.25) is 0 Å². The van der Waals surface area contributed by atoms with E-state index in [0.717, 1.165) is 37.0 Å². The van der Waals surface area contributed by atoms with Crippen LogP contribution in [0, 0.1) is 17.3 Å². The number of ether oxygens (including phenoxy) is 1. The van der Waals surface area contributed by atoms with Gasteiger partial charge in [-0.3, -0.25) is 14.5 Å². The molecule has 0 bridgehead atoms. The molecule has 6 nitrogen and oxygen atoms in total. The van der Waals surface area contributed by atoms with Crippen molar-refractivity contribution in [3.63, 3.8) is 0 Å². The fourth-order valence-corrected chi connectivity index (χ4v) is 5.49. The zero-order valence-corrected chi connectivity index (χ0v) is 16.5. The van der Waals surface area contributed by atoms with Crippen LogP contribution < -0.4 is 5.32 Å². The third-order valence-electron chi connectivity index (χ3n) is 6.10. The molecule has 3 amide bonds. The Labute approximate surface area is 156 Å². The van der Waals surface area contributed by atoms with E-state index in [1.165, 1.54) is 0 Å². The minimum Gasteiger partial charge on any atom is -0.461 e. The van der Waals surface area contributed by atoms with Gasteiger partial charge in [-0.05, 0) is 55.8 Å². The van der Waals surface area contributed by atoms with Crippen LogP contribution in [-0.4, -0.2) is 41.0 Å². The van der Waals surface area contributed by atoms with Gasteiger partial charge in [0, 0.05) is 0 Å². The van der Waals surface area contributed by atoms with Gasteiger partial charge in [0.25, 0.3) is 5.91 Å². The number of esters is 1. The first-order valence-electron chi connectivity index (χ1n) is 9.94. The molecule has 3 aliphatic rings. The van der Waals surface area contributed by atoms with Gasteiger partial charge in [-0.2, -0.15) is 0 Å². The lowest BCUT2D eigenvalue weighted by molar-refractivity contribution is -0.154. The molecule has 0 radical (unpaired) electrons. The van der Waals surface area contributed by atoms with Crippen molar-refractivity contribution in [2.75, 3.05) is 6.54 Å². The normalized spacial score (nSPS) is 36.9. The standard InChI is InChI=1S/C20H32N2O4/c1-13-6-5-7-15(8-13)26-16(23)11-22-17(24)20(21-18(22)25)10-14(2)9-19(3,4)12-20/h13-15H,5-12H2,1-4H3,(H,21,25). The smallest absolute Gasteiger partial charge is 0.326 e. The summed E-state index contributed by atoms with van der Waals surface area (Å²) in [5, 5.41) is 2.90. The quantitative estimate of drug-likeness (QED) is 0.616. The number of imide groups is 1. The number of rotatable bonds is 3. The first-order chi connectivity index (χ1) is 12.1. The summed E-state index contributed by atoms with van der Waals surface area (Å²) < 4.78 is 5.55. The SMILES string of the molecule is CC1CCCC(OC(=O)CN2C(=O)NC3(CC(C)CC(C)(C)C3)C2=O)C1. The van der Waals surface area contributed by atoms with E-state index in [2.05, 4.69) is 33.0 Å². The van der Waals surface area contributed by atoms with Crippen molar-refractivity contribution in [3.05, 3.63) is 0 Å². The molecule has 26 heavy (non-hydrogen) atoms. The molecule has 3 rings (SSSR count). The zero-order chi connectivity index (χ0) is 19.1. The monoisotopic (exact) mass is 364 g/mol. The molecule has 2 saturated carbocycles. The van der Waals surface area contributed by atoms with Crippen LogP contribution in [0.5, 0.6) is 0 Å². The Morgan fingerprint density at radius 3 is 2.58 bits per heavy atom. The number of amides is 3. The van der Waals surface area contributed by atoms with E-state index in [9.17, 15) is 14.4 Å². The van der Waals surface area contributed by atoms with Crippen LogP contribution in [0.4, 0.5) is 4.79 Å². The average molecular weight is 364 g/mol. The second-order valence-electron chi connectivity index (χ2n) is 9.64. The minimum atomic E-state index is -0.863. The highest BCUT2D eigenvalue weighted by Crippen LogP contribution is 2.46. The summed E-state index contributed by atoms with van der Waals surface area (Å²) >= 11 is 0. The fourth-order valence-electron chi connectivity index (χ4n) is 5.49. The Kier molecular flexibility index (Phi) is 5.06. The van der Waals surface area contributed by atoms with Crippen LogP contribution in [0.2, 0.25) is 0 Å². The van der Waals surface area contributed by atoms with Crippen LogP contribution in [0.25, 0.3) is 0 Å². The number of carbonyl (C=O) groups is 3. The molecule has 0 aromatic rings. The molecular formula is C20H32N2O4. The lowest BCUT2D eigenvalue weighted by Gasteiger charge is -2.43. The average Bonchev–Trinajstić information content (AvgIpc) is 2.68. The number of carbonyl (C=O) groups excluding carboxylic acids is 3. The maximum absolute atomic E-state index is 13.0. The third-order valence-corrected chi connectivity index (χ3v) is 6.10. The molecule has 1 N–H and O–H groups in total. The van der Waals surface area contributed by atoms with Crippen LogP contribution in [0.1, 0.15) is 72.6 Å². The van der Waals surface area contributed by atoms with Gasteiger partial charge >= 0.3 is 12.0 Å². The first-order valence-corrected chi connectivity index (χ1v) is 9.94. The summed E-state index contributed by atoms with van der Waals surface area (Å²) in [5.41, 5.74) is -0.882. The summed E-state index contributed by atoms with van der Waals surface area (Å²) in [6, 6.07) is -0.464. The summed E-state index contributed by atoms with van der Waals surface area (Å²) in [6.07, 6.45) is 6.13. The molecular weight excluding hydrogens is 332 g/mol. The van der Waals surface area contributed by atoms with E-state index < -0.39 is 17.5 Å². The van der Waals surface area contributed by atoms with Crippen molar-refractivity contribution in [2.24, 2.45) is 17.3 Å². The van der Waals surface area contributed by atoms with Crippen molar-refractivity contribution >= 4 is 17.9 Å². The number of urea groups is 1. The highest BCUT2D eigenvalue weighted by Gasteiger charge is 2.56. The number of hydrogen-bond donors (Lipinski definition) is 1. The van der Waals surface area contributed by atoms with Gasteiger partial charge in [-0.15, -0.1) is 0 Å². The molecule has 1 saturated heterocycles. The Balaban J connectivity index is 1.64. The van der Waals surface area contributed by atoms with E-state index in [1.54, 1.807) is 0 Å². The number of nitrogens with one attached hydrogen (secondary N) is 1. The highest BCUT2D eigenvalue weighted by molar-refractivity contribution is 6.08. The molecule has 1 spiro atoms. The summed E-state index contributed by atoms with van der Waals surface area (Å²) in [5.74, 6) is 0.148.